The summed E-state index contributed by atoms with van der Waals surface area (Å²) in [6.45, 7) is 1.26. The van der Waals surface area contributed by atoms with Crippen molar-refractivity contribution in [2.24, 2.45) is 0 Å². The predicted octanol–water partition coefficient (Wildman–Crippen LogP) is 0.0910. The molecule has 2 N–H and O–H groups in total. The molecular formula is C13H16N2O6S. The highest BCUT2D eigenvalue weighted by Crippen LogP contribution is 2.17. The molecule has 0 aliphatic carbocycles. The molecule has 0 saturated carbocycles. The summed E-state index contributed by atoms with van der Waals surface area (Å²) in [5, 5.41) is 4.12. The molecule has 0 unspecified atom stereocenters. The Balaban J connectivity index is 2.91. The number of imide groups is 1. The molecule has 0 radical (unpaired) electrons. The maximum atomic E-state index is 12.0. The molecule has 0 spiro atoms. The maximum Gasteiger partial charge on any atom is 0.340 e. The SMILES string of the molecule is CNC(=O)NC(=O)[C@@H](C)OC(=O)c1ccccc1S(C)(=O)=O. The van der Waals surface area contributed by atoms with Gasteiger partial charge in [-0.3, -0.25) is 10.1 Å². The minimum absolute atomic E-state index is 0.176. The van der Waals surface area contributed by atoms with Crippen molar-refractivity contribution in [2.75, 3.05) is 13.3 Å². The molecule has 0 bridgehead atoms. The van der Waals surface area contributed by atoms with Gasteiger partial charge in [0.1, 0.15) is 0 Å². The third-order valence-corrected chi connectivity index (χ3v) is 3.78. The largest absolute Gasteiger partial charge is 0.449 e. The number of urea groups is 1. The molecule has 8 nitrogen and oxygen atoms in total. The average molecular weight is 328 g/mol. The van der Waals surface area contributed by atoms with Gasteiger partial charge in [0, 0.05) is 13.3 Å². The number of carbonyl (C=O) groups is 3. The van der Waals surface area contributed by atoms with Crippen molar-refractivity contribution in [1.29, 1.82) is 0 Å². The summed E-state index contributed by atoms with van der Waals surface area (Å²) in [6.07, 6.45) is -0.307. The molecule has 0 fully saturated rings. The van der Waals surface area contributed by atoms with Gasteiger partial charge in [-0.15, -0.1) is 0 Å². The zero-order valence-corrected chi connectivity index (χ0v) is 13.1. The molecule has 3 amide bonds. The van der Waals surface area contributed by atoms with Crippen molar-refractivity contribution in [1.82, 2.24) is 10.6 Å². The number of sulfone groups is 1. The van der Waals surface area contributed by atoms with Gasteiger partial charge in [0.25, 0.3) is 5.91 Å². The number of ether oxygens (including phenoxy) is 1. The quantitative estimate of drug-likeness (QED) is 0.756. The van der Waals surface area contributed by atoms with E-state index in [1.165, 1.54) is 38.2 Å². The van der Waals surface area contributed by atoms with Crippen LogP contribution in [0, 0.1) is 0 Å². The Morgan fingerprint density at radius 2 is 1.77 bits per heavy atom. The summed E-state index contributed by atoms with van der Waals surface area (Å²) in [7, 11) is -2.30. The van der Waals surface area contributed by atoms with E-state index in [9.17, 15) is 22.8 Å². The lowest BCUT2D eigenvalue weighted by atomic mass is 10.2. The fourth-order valence-electron chi connectivity index (χ4n) is 1.51. The summed E-state index contributed by atoms with van der Waals surface area (Å²) in [5.41, 5.74) is -0.176. The Hall–Kier alpha value is -2.42. The smallest absolute Gasteiger partial charge is 0.340 e. The molecule has 120 valence electrons. The first-order valence-electron chi connectivity index (χ1n) is 6.19. The van der Waals surface area contributed by atoms with E-state index in [1.807, 2.05) is 5.32 Å². The first kappa shape index (κ1) is 17.6. The maximum absolute atomic E-state index is 12.0. The van der Waals surface area contributed by atoms with Crippen LogP contribution in [0.3, 0.4) is 0 Å². The first-order valence-corrected chi connectivity index (χ1v) is 8.08. The molecular weight excluding hydrogens is 312 g/mol. The highest BCUT2D eigenvalue weighted by atomic mass is 32.2. The predicted molar refractivity (Wildman–Crippen MR) is 77.0 cm³/mol. The van der Waals surface area contributed by atoms with E-state index in [0.717, 1.165) is 6.26 Å². The number of rotatable bonds is 4. The molecule has 0 aliphatic rings. The van der Waals surface area contributed by atoms with E-state index in [2.05, 4.69) is 5.32 Å². The van der Waals surface area contributed by atoms with Crippen LogP contribution in [-0.4, -0.2) is 45.7 Å². The molecule has 0 saturated heterocycles. The Morgan fingerprint density at radius 1 is 1.18 bits per heavy atom. The van der Waals surface area contributed by atoms with Crippen molar-refractivity contribution in [3.8, 4) is 0 Å². The minimum Gasteiger partial charge on any atom is -0.449 e. The van der Waals surface area contributed by atoms with E-state index >= 15 is 0 Å². The summed E-state index contributed by atoms with van der Waals surface area (Å²) < 4.78 is 28.1. The second-order valence-corrected chi connectivity index (χ2v) is 6.37. The lowest BCUT2D eigenvalue weighted by molar-refractivity contribution is -0.127. The molecule has 1 rings (SSSR count). The molecule has 22 heavy (non-hydrogen) atoms. The Kier molecular flexibility index (Phi) is 5.63. The molecule has 0 aromatic heterocycles. The van der Waals surface area contributed by atoms with Crippen molar-refractivity contribution in [2.45, 2.75) is 17.9 Å². The van der Waals surface area contributed by atoms with Crippen LogP contribution >= 0.6 is 0 Å². The highest BCUT2D eigenvalue weighted by Gasteiger charge is 2.24. The molecule has 1 aromatic carbocycles. The van der Waals surface area contributed by atoms with Crippen molar-refractivity contribution in [3.63, 3.8) is 0 Å². The first-order chi connectivity index (χ1) is 10.2. The number of hydrogen-bond acceptors (Lipinski definition) is 6. The standard InChI is InChI=1S/C13H16N2O6S/c1-8(11(16)15-13(18)14-2)21-12(17)9-6-4-5-7-10(9)22(3,19)20/h4-8H,1-3H3,(H2,14,15,16,18)/t8-/m1/s1. The average Bonchev–Trinajstić information content (AvgIpc) is 2.45. The van der Waals surface area contributed by atoms with Gasteiger partial charge in [0.15, 0.2) is 15.9 Å². The molecule has 0 heterocycles. The van der Waals surface area contributed by atoms with E-state index < -0.39 is 33.8 Å². The second-order valence-electron chi connectivity index (χ2n) is 4.38. The van der Waals surface area contributed by atoms with Crippen molar-refractivity contribution >= 4 is 27.7 Å². The van der Waals surface area contributed by atoms with Gasteiger partial charge in [-0.05, 0) is 19.1 Å². The third kappa shape index (κ3) is 4.55. The highest BCUT2D eigenvalue weighted by molar-refractivity contribution is 7.90. The lowest BCUT2D eigenvalue weighted by Gasteiger charge is -2.14. The van der Waals surface area contributed by atoms with Crippen LogP contribution in [0.5, 0.6) is 0 Å². The zero-order valence-electron chi connectivity index (χ0n) is 12.2. The number of carbonyl (C=O) groups excluding carboxylic acids is 3. The number of hydrogen-bond donors (Lipinski definition) is 2. The van der Waals surface area contributed by atoms with Crippen LogP contribution in [0.1, 0.15) is 17.3 Å². The van der Waals surface area contributed by atoms with Crippen LogP contribution in [0.25, 0.3) is 0 Å². The Morgan fingerprint density at radius 3 is 2.32 bits per heavy atom. The Bertz CT molecular complexity index is 698. The molecule has 0 aliphatic heterocycles. The molecule has 9 heteroatoms. The minimum atomic E-state index is -3.62. The van der Waals surface area contributed by atoms with E-state index in [-0.39, 0.29) is 10.5 Å². The normalized spacial score (nSPS) is 12.1. The zero-order chi connectivity index (χ0) is 16.9. The van der Waals surface area contributed by atoms with Gasteiger partial charge in [0.05, 0.1) is 10.5 Å². The van der Waals surface area contributed by atoms with Crippen LogP contribution < -0.4 is 10.6 Å². The van der Waals surface area contributed by atoms with Crippen LogP contribution in [-0.2, 0) is 19.4 Å². The summed E-state index contributed by atoms with van der Waals surface area (Å²) in [4.78, 5) is 34.4. The van der Waals surface area contributed by atoms with Crippen molar-refractivity contribution < 1.29 is 27.5 Å². The Labute approximate surface area is 127 Å². The topological polar surface area (TPSA) is 119 Å². The number of amides is 3. The fourth-order valence-corrected chi connectivity index (χ4v) is 2.39. The van der Waals surface area contributed by atoms with Crippen LogP contribution in [0.4, 0.5) is 4.79 Å². The van der Waals surface area contributed by atoms with E-state index in [0.29, 0.717) is 0 Å². The number of nitrogens with one attached hydrogen (secondary N) is 2. The molecule has 1 aromatic rings. The van der Waals surface area contributed by atoms with Gasteiger partial charge < -0.3 is 10.1 Å². The summed E-state index contributed by atoms with van der Waals surface area (Å²) in [6, 6.07) is 4.74. The van der Waals surface area contributed by atoms with E-state index in [1.54, 1.807) is 0 Å². The van der Waals surface area contributed by atoms with E-state index in [4.69, 9.17) is 4.74 Å². The van der Waals surface area contributed by atoms with Gasteiger partial charge >= 0.3 is 12.0 Å². The van der Waals surface area contributed by atoms with Gasteiger partial charge in [-0.2, -0.15) is 0 Å². The van der Waals surface area contributed by atoms with Crippen molar-refractivity contribution in [3.05, 3.63) is 29.8 Å². The number of benzene rings is 1. The van der Waals surface area contributed by atoms with Crippen LogP contribution in [0.2, 0.25) is 0 Å². The molecule has 1 atom stereocenters. The monoisotopic (exact) mass is 328 g/mol. The van der Waals surface area contributed by atoms with Gasteiger partial charge in [0.2, 0.25) is 0 Å². The van der Waals surface area contributed by atoms with Gasteiger partial charge in [-0.1, -0.05) is 12.1 Å². The summed E-state index contributed by atoms with van der Waals surface area (Å²) in [5.74, 6) is -1.80. The lowest BCUT2D eigenvalue weighted by Crippen LogP contribution is -2.43. The number of esters is 1. The second kappa shape index (κ2) is 7.03. The van der Waals surface area contributed by atoms with Crippen LogP contribution in [0.15, 0.2) is 29.2 Å². The third-order valence-electron chi connectivity index (χ3n) is 2.62. The fraction of sp³-hybridized carbons (Fsp3) is 0.308. The summed E-state index contributed by atoms with van der Waals surface area (Å²) >= 11 is 0. The van der Waals surface area contributed by atoms with Gasteiger partial charge in [-0.25, -0.2) is 18.0 Å².